The number of hydrogen-bond acceptors (Lipinski definition) is 1. The average Bonchev–Trinajstić information content (AvgIpc) is 2.52. The predicted molar refractivity (Wildman–Crippen MR) is 110 cm³/mol. The van der Waals surface area contributed by atoms with Gasteiger partial charge in [-0.05, 0) is 43.9 Å². The lowest BCUT2D eigenvalue weighted by Gasteiger charge is -2.17. The summed E-state index contributed by atoms with van der Waals surface area (Å²) in [6.07, 6.45) is 24.1. The Balaban J connectivity index is 3.14. The quantitative estimate of drug-likeness (QED) is 0.213. The highest BCUT2D eigenvalue weighted by atomic mass is 16.4. The number of carbonyl (C=O) groups is 1. The highest BCUT2D eigenvalue weighted by molar-refractivity contribution is 5.66. The van der Waals surface area contributed by atoms with E-state index in [1.807, 2.05) is 0 Å². The topological polar surface area (TPSA) is 37.3 Å². The van der Waals surface area contributed by atoms with E-state index in [9.17, 15) is 4.79 Å². The minimum absolute atomic E-state index is 0.330. The lowest BCUT2D eigenvalue weighted by atomic mass is 9.89. The normalized spacial score (nSPS) is 12.1. The summed E-state index contributed by atoms with van der Waals surface area (Å²) in [5.41, 5.74) is 0.507. The number of allylic oxidation sites excluding steroid dienone is 2. The van der Waals surface area contributed by atoms with Crippen molar-refractivity contribution in [3.05, 3.63) is 12.2 Å². The van der Waals surface area contributed by atoms with E-state index in [2.05, 4.69) is 32.9 Å². The first-order valence-corrected chi connectivity index (χ1v) is 10.8. The van der Waals surface area contributed by atoms with E-state index in [1.165, 1.54) is 83.5 Å². The molecule has 148 valence electrons. The van der Waals surface area contributed by atoms with E-state index in [1.54, 1.807) is 0 Å². The summed E-state index contributed by atoms with van der Waals surface area (Å²) in [6.45, 7) is 7.01. The van der Waals surface area contributed by atoms with E-state index >= 15 is 0 Å². The lowest BCUT2D eigenvalue weighted by Crippen LogP contribution is -2.03. The van der Waals surface area contributed by atoms with Crippen LogP contribution in [-0.2, 0) is 4.79 Å². The Kier molecular flexibility index (Phi) is 16.1. The molecule has 0 rings (SSSR count). The van der Waals surface area contributed by atoms with E-state index in [-0.39, 0.29) is 0 Å². The summed E-state index contributed by atoms with van der Waals surface area (Å²) in [4.78, 5) is 10.4. The Labute approximate surface area is 157 Å². The highest BCUT2D eigenvalue weighted by Crippen LogP contribution is 2.22. The van der Waals surface area contributed by atoms with Gasteiger partial charge < -0.3 is 5.11 Å². The summed E-state index contributed by atoms with van der Waals surface area (Å²) in [7, 11) is 0. The van der Waals surface area contributed by atoms with Gasteiger partial charge in [-0.3, -0.25) is 4.79 Å². The van der Waals surface area contributed by atoms with Gasteiger partial charge in [0.2, 0.25) is 0 Å². The van der Waals surface area contributed by atoms with Gasteiger partial charge in [-0.15, -0.1) is 0 Å². The molecule has 0 aromatic carbocycles. The molecule has 0 bridgehead atoms. The molecule has 0 unspecified atom stereocenters. The third-order valence-corrected chi connectivity index (χ3v) is 4.73. The van der Waals surface area contributed by atoms with Crippen molar-refractivity contribution in [3.8, 4) is 0 Å². The van der Waals surface area contributed by atoms with E-state index in [0.717, 1.165) is 12.8 Å². The molecule has 0 aliphatic rings. The average molecular weight is 353 g/mol. The molecule has 0 aromatic heterocycles. The number of carboxylic acids is 1. The summed E-state index contributed by atoms with van der Waals surface area (Å²) in [6, 6.07) is 0. The molecule has 0 saturated heterocycles. The van der Waals surface area contributed by atoms with Crippen molar-refractivity contribution in [2.45, 2.75) is 124 Å². The molecule has 0 atom stereocenters. The number of rotatable bonds is 17. The molecule has 0 heterocycles. The van der Waals surface area contributed by atoms with Gasteiger partial charge in [-0.2, -0.15) is 0 Å². The van der Waals surface area contributed by atoms with Crippen LogP contribution in [0.5, 0.6) is 0 Å². The summed E-state index contributed by atoms with van der Waals surface area (Å²) < 4.78 is 0. The van der Waals surface area contributed by atoms with Crippen LogP contribution in [0.25, 0.3) is 0 Å². The second-order valence-electron chi connectivity index (χ2n) is 8.75. The number of aliphatic carboxylic acids is 1. The third-order valence-electron chi connectivity index (χ3n) is 4.73. The maximum Gasteiger partial charge on any atom is 0.303 e. The fraction of sp³-hybridized carbons (Fsp3) is 0.870. The Morgan fingerprint density at radius 2 is 1.08 bits per heavy atom. The van der Waals surface area contributed by atoms with Gasteiger partial charge >= 0.3 is 5.97 Å². The van der Waals surface area contributed by atoms with E-state index in [0.29, 0.717) is 11.8 Å². The third kappa shape index (κ3) is 23.2. The molecule has 1 N–H and O–H groups in total. The van der Waals surface area contributed by atoms with Crippen molar-refractivity contribution in [2.75, 3.05) is 0 Å². The molecule has 0 saturated carbocycles. The second kappa shape index (κ2) is 16.7. The van der Waals surface area contributed by atoms with Crippen LogP contribution in [0.4, 0.5) is 0 Å². The number of unbranched alkanes of at least 4 members (excludes halogenated alkanes) is 12. The summed E-state index contributed by atoms with van der Waals surface area (Å²) in [5.74, 6) is -0.663. The van der Waals surface area contributed by atoms with Crippen LogP contribution in [0.3, 0.4) is 0 Å². The molecule has 2 nitrogen and oxygen atoms in total. The van der Waals surface area contributed by atoms with Crippen molar-refractivity contribution in [1.29, 1.82) is 0 Å². The molecule has 0 spiro atoms. The molecule has 2 heteroatoms. The van der Waals surface area contributed by atoms with Crippen LogP contribution in [0, 0.1) is 5.41 Å². The molecular formula is C23H44O2. The van der Waals surface area contributed by atoms with Crippen LogP contribution in [-0.4, -0.2) is 11.1 Å². The van der Waals surface area contributed by atoms with Gasteiger partial charge in [0.1, 0.15) is 0 Å². The van der Waals surface area contributed by atoms with Gasteiger partial charge in [0, 0.05) is 6.42 Å². The van der Waals surface area contributed by atoms with Crippen molar-refractivity contribution in [2.24, 2.45) is 5.41 Å². The smallest absolute Gasteiger partial charge is 0.303 e. The van der Waals surface area contributed by atoms with Crippen molar-refractivity contribution >= 4 is 5.97 Å². The van der Waals surface area contributed by atoms with Crippen molar-refractivity contribution < 1.29 is 9.90 Å². The molecule has 0 fully saturated rings. The van der Waals surface area contributed by atoms with Crippen LogP contribution in [0.15, 0.2) is 12.2 Å². The predicted octanol–water partition coefficient (Wildman–Crippen LogP) is 7.91. The zero-order chi connectivity index (χ0) is 18.8. The Bertz CT molecular complexity index is 325. The van der Waals surface area contributed by atoms with E-state index in [4.69, 9.17) is 5.11 Å². The van der Waals surface area contributed by atoms with Crippen molar-refractivity contribution in [3.63, 3.8) is 0 Å². The number of carboxylic acid groups (broad SMARTS) is 1. The second-order valence-corrected chi connectivity index (χ2v) is 8.75. The van der Waals surface area contributed by atoms with Gasteiger partial charge in [0.25, 0.3) is 0 Å². The van der Waals surface area contributed by atoms with Gasteiger partial charge in [-0.1, -0.05) is 90.7 Å². The molecule has 0 aliphatic heterocycles. The minimum atomic E-state index is -0.663. The largest absolute Gasteiger partial charge is 0.481 e. The highest BCUT2D eigenvalue weighted by Gasteiger charge is 2.08. The number of hydrogen-bond donors (Lipinski definition) is 1. The maximum atomic E-state index is 10.4. The van der Waals surface area contributed by atoms with Gasteiger partial charge in [0.05, 0.1) is 0 Å². The molecule has 0 aliphatic carbocycles. The Hall–Kier alpha value is -0.790. The zero-order valence-corrected chi connectivity index (χ0v) is 17.3. The minimum Gasteiger partial charge on any atom is -0.481 e. The summed E-state index contributed by atoms with van der Waals surface area (Å²) in [5, 5.41) is 8.56. The van der Waals surface area contributed by atoms with E-state index < -0.39 is 5.97 Å². The molecule has 25 heavy (non-hydrogen) atoms. The zero-order valence-electron chi connectivity index (χ0n) is 17.3. The van der Waals surface area contributed by atoms with Gasteiger partial charge in [-0.25, -0.2) is 0 Å². The molecular weight excluding hydrogens is 308 g/mol. The fourth-order valence-corrected chi connectivity index (χ4v) is 3.11. The van der Waals surface area contributed by atoms with Crippen LogP contribution < -0.4 is 0 Å². The fourth-order valence-electron chi connectivity index (χ4n) is 3.11. The van der Waals surface area contributed by atoms with Crippen molar-refractivity contribution in [1.82, 2.24) is 0 Å². The maximum absolute atomic E-state index is 10.4. The lowest BCUT2D eigenvalue weighted by molar-refractivity contribution is -0.137. The first kappa shape index (κ1) is 24.2. The molecule has 0 aromatic rings. The van der Waals surface area contributed by atoms with Crippen LogP contribution >= 0.6 is 0 Å². The summed E-state index contributed by atoms with van der Waals surface area (Å²) >= 11 is 0. The van der Waals surface area contributed by atoms with Gasteiger partial charge in [0.15, 0.2) is 0 Å². The molecule has 0 amide bonds. The Morgan fingerprint density at radius 1 is 0.680 bits per heavy atom. The molecule has 0 radical (unpaired) electrons. The Morgan fingerprint density at radius 3 is 1.52 bits per heavy atom. The first-order chi connectivity index (χ1) is 11.9. The standard InChI is InChI=1S/C23H44O2/c1-23(2,3)21-19-17-15-13-11-9-7-5-4-6-8-10-12-14-16-18-20-22(24)25/h4,6H,5,7-21H2,1-3H3,(H,24,25)/b6-4-. The van der Waals surface area contributed by atoms with Crippen LogP contribution in [0.1, 0.15) is 124 Å². The monoisotopic (exact) mass is 352 g/mol. The van der Waals surface area contributed by atoms with Crippen LogP contribution in [0.2, 0.25) is 0 Å². The SMILES string of the molecule is CC(C)(C)CCCCCCCCC/C=C\CCCCCCCC(=O)O. The first-order valence-electron chi connectivity index (χ1n) is 10.8.